The van der Waals surface area contributed by atoms with E-state index in [2.05, 4.69) is 5.32 Å². The number of anilines is 1. The van der Waals surface area contributed by atoms with Gasteiger partial charge in [-0.15, -0.1) is 11.6 Å². The molecule has 1 N–H and O–H groups in total. The van der Waals surface area contributed by atoms with E-state index in [1.165, 1.54) is 0 Å². The van der Waals surface area contributed by atoms with E-state index >= 15 is 0 Å². The second-order valence-electron chi connectivity index (χ2n) is 3.28. The predicted molar refractivity (Wildman–Crippen MR) is 61.2 cm³/mol. The van der Waals surface area contributed by atoms with Crippen LogP contribution in [-0.2, 0) is 16.1 Å². The van der Waals surface area contributed by atoms with Crippen LogP contribution in [0.3, 0.4) is 0 Å². The minimum Gasteiger partial charge on any atom is -0.380 e. The summed E-state index contributed by atoms with van der Waals surface area (Å²) in [5.74, 6) is -0.250. The molecule has 0 atom stereocenters. The maximum absolute atomic E-state index is 11.2. The van der Waals surface area contributed by atoms with Crippen LogP contribution in [0.2, 0.25) is 0 Å². The van der Waals surface area contributed by atoms with E-state index in [0.29, 0.717) is 6.61 Å². The highest BCUT2D eigenvalue weighted by atomic mass is 35.5. The second kappa shape index (κ2) is 5.73. The Balaban J connectivity index is 2.91. The van der Waals surface area contributed by atoms with Gasteiger partial charge in [-0.25, -0.2) is 0 Å². The van der Waals surface area contributed by atoms with E-state index in [9.17, 15) is 4.79 Å². The molecule has 0 bridgehead atoms. The van der Waals surface area contributed by atoms with Crippen molar-refractivity contribution < 1.29 is 9.53 Å². The van der Waals surface area contributed by atoms with Gasteiger partial charge >= 0.3 is 0 Å². The molecular formula is C11H14ClNO2. The number of rotatable bonds is 4. The molecule has 15 heavy (non-hydrogen) atoms. The lowest BCUT2D eigenvalue weighted by molar-refractivity contribution is -0.113. The number of methoxy groups -OCH3 is 1. The van der Waals surface area contributed by atoms with E-state index < -0.39 is 0 Å². The molecule has 0 aliphatic heterocycles. The number of amides is 1. The van der Waals surface area contributed by atoms with Crippen LogP contribution in [0.4, 0.5) is 5.69 Å². The summed E-state index contributed by atoms with van der Waals surface area (Å²) >= 11 is 5.43. The summed E-state index contributed by atoms with van der Waals surface area (Å²) in [6, 6.07) is 5.81. The van der Waals surface area contributed by atoms with E-state index in [0.717, 1.165) is 16.8 Å². The quantitative estimate of drug-likeness (QED) is 0.802. The summed E-state index contributed by atoms with van der Waals surface area (Å²) in [5.41, 5.74) is 2.80. The van der Waals surface area contributed by atoms with Crippen LogP contribution >= 0.6 is 11.6 Å². The molecule has 0 aliphatic carbocycles. The monoisotopic (exact) mass is 227 g/mol. The third kappa shape index (κ3) is 3.53. The highest BCUT2D eigenvalue weighted by molar-refractivity contribution is 6.29. The van der Waals surface area contributed by atoms with Crippen LogP contribution in [-0.4, -0.2) is 18.9 Å². The van der Waals surface area contributed by atoms with Crippen molar-refractivity contribution in [1.82, 2.24) is 0 Å². The first-order valence-corrected chi connectivity index (χ1v) is 5.15. The zero-order valence-electron chi connectivity index (χ0n) is 8.84. The molecule has 1 amide bonds. The van der Waals surface area contributed by atoms with Crippen LogP contribution in [0.1, 0.15) is 11.1 Å². The number of hydrogen-bond acceptors (Lipinski definition) is 2. The summed E-state index contributed by atoms with van der Waals surface area (Å²) in [6.07, 6.45) is 0. The Labute approximate surface area is 94.4 Å². The third-order valence-electron chi connectivity index (χ3n) is 1.96. The van der Waals surface area contributed by atoms with Crippen molar-refractivity contribution in [3.05, 3.63) is 29.3 Å². The summed E-state index contributed by atoms with van der Waals surface area (Å²) in [4.78, 5) is 11.2. The number of alkyl halides is 1. The van der Waals surface area contributed by atoms with Crippen molar-refractivity contribution in [2.45, 2.75) is 13.5 Å². The third-order valence-corrected chi connectivity index (χ3v) is 2.20. The topological polar surface area (TPSA) is 38.3 Å². The zero-order valence-corrected chi connectivity index (χ0v) is 9.60. The molecule has 0 aromatic heterocycles. The van der Waals surface area contributed by atoms with Crippen LogP contribution < -0.4 is 5.32 Å². The van der Waals surface area contributed by atoms with Gasteiger partial charge in [-0.1, -0.05) is 12.1 Å². The Bertz CT molecular complexity index is 352. The van der Waals surface area contributed by atoms with Crippen molar-refractivity contribution in [3.8, 4) is 0 Å². The SMILES string of the molecule is COCc1ccc(C)cc1NC(=O)CCl. The van der Waals surface area contributed by atoms with Crippen molar-refractivity contribution in [1.29, 1.82) is 0 Å². The predicted octanol–water partition coefficient (Wildman–Crippen LogP) is 2.32. The van der Waals surface area contributed by atoms with Crippen LogP contribution in [0.5, 0.6) is 0 Å². The number of hydrogen-bond donors (Lipinski definition) is 1. The van der Waals surface area contributed by atoms with Crippen molar-refractivity contribution in [2.24, 2.45) is 0 Å². The fourth-order valence-corrected chi connectivity index (χ4v) is 1.34. The highest BCUT2D eigenvalue weighted by Gasteiger charge is 2.05. The van der Waals surface area contributed by atoms with Crippen molar-refractivity contribution in [2.75, 3.05) is 18.3 Å². The normalized spacial score (nSPS) is 10.1. The summed E-state index contributed by atoms with van der Waals surface area (Å²) in [6.45, 7) is 2.44. The average Bonchev–Trinajstić information content (AvgIpc) is 2.22. The van der Waals surface area contributed by atoms with Gasteiger partial charge in [0, 0.05) is 18.4 Å². The maximum Gasteiger partial charge on any atom is 0.239 e. The second-order valence-corrected chi connectivity index (χ2v) is 3.54. The average molecular weight is 228 g/mol. The lowest BCUT2D eigenvalue weighted by atomic mass is 10.1. The van der Waals surface area contributed by atoms with E-state index in [4.69, 9.17) is 16.3 Å². The molecule has 1 aromatic rings. The van der Waals surface area contributed by atoms with Gasteiger partial charge in [0.15, 0.2) is 0 Å². The van der Waals surface area contributed by atoms with Gasteiger partial charge in [-0.3, -0.25) is 4.79 Å². The van der Waals surface area contributed by atoms with Crippen LogP contribution in [0.15, 0.2) is 18.2 Å². The molecule has 0 heterocycles. The number of aryl methyl sites for hydroxylation is 1. The first-order chi connectivity index (χ1) is 7.17. The van der Waals surface area contributed by atoms with Crippen molar-refractivity contribution in [3.63, 3.8) is 0 Å². The standard InChI is InChI=1S/C11H14ClNO2/c1-8-3-4-9(7-15-2)10(5-8)13-11(14)6-12/h3-5H,6-7H2,1-2H3,(H,13,14). The Morgan fingerprint density at radius 3 is 2.87 bits per heavy atom. The molecule has 0 spiro atoms. The van der Waals surface area contributed by atoms with Crippen LogP contribution in [0.25, 0.3) is 0 Å². The highest BCUT2D eigenvalue weighted by Crippen LogP contribution is 2.18. The van der Waals surface area contributed by atoms with E-state index in [-0.39, 0.29) is 11.8 Å². The summed E-state index contributed by atoms with van der Waals surface area (Å²) in [5, 5.41) is 2.73. The number of carbonyl (C=O) groups is 1. The Morgan fingerprint density at radius 2 is 2.27 bits per heavy atom. The van der Waals surface area contributed by atoms with E-state index in [1.807, 2.05) is 25.1 Å². The molecule has 0 saturated carbocycles. The van der Waals surface area contributed by atoms with Gasteiger partial charge in [-0.05, 0) is 18.6 Å². The number of carbonyl (C=O) groups excluding carboxylic acids is 1. The Kier molecular flexibility index (Phi) is 4.59. The molecule has 1 aromatic carbocycles. The van der Waals surface area contributed by atoms with Gasteiger partial charge in [0.25, 0.3) is 0 Å². The number of ether oxygens (including phenoxy) is 1. The van der Waals surface area contributed by atoms with Gasteiger partial charge in [-0.2, -0.15) is 0 Å². The van der Waals surface area contributed by atoms with Gasteiger partial charge in [0.1, 0.15) is 5.88 Å². The minimum atomic E-state index is -0.209. The molecule has 4 heteroatoms. The first kappa shape index (κ1) is 12.0. The summed E-state index contributed by atoms with van der Waals surface area (Å²) < 4.78 is 5.04. The summed E-state index contributed by atoms with van der Waals surface area (Å²) in [7, 11) is 1.62. The molecule has 82 valence electrons. The number of halogens is 1. The molecule has 0 radical (unpaired) electrons. The fraction of sp³-hybridized carbons (Fsp3) is 0.364. The number of nitrogens with one attached hydrogen (secondary N) is 1. The minimum absolute atomic E-state index is 0.0413. The first-order valence-electron chi connectivity index (χ1n) is 4.61. The van der Waals surface area contributed by atoms with Gasteiger partial charge < -0.3 is 10.1 Å². The fourth-order valence-electron chi connectivity index (χ4n) is 1.27. The van der Waals surface area contributed by atoms with Gasteiger partial charge in [0.2, 0.25) is 5.91 Å². The zero-order chi connectivity index (χ0) is 11.3. The smallest absolute Gasteiger partial charge is 0.239 e. The van der Waals surface area contributed by atoms with Crippen molar-refractivity contribution >= 4 is 23.2 Å². The molecule has 0 saturated heterocycles. The molecule has 0 fully saturated rings. The molecule has 0 aliphatic rings. The molecule has 3 nitrogen and oxygen atoms in total. The molecule has 1 rings (SSSR count). The Hall–Kier alpha value is -1.06. The number of benzene rings is 1. The van der Waals surface area contributed by atoms with Crippen LogP contribution in [0, 0.1) is 6.92 Å². The molecular weight excluding hydrogens is 214 g/mol. The lowest BCUT2D eigenvalue weighted by Gasteiger charge is -2.10. The maximum atomic E-state index is 11.2. The largest absolute Gasteiger partial charge is 0.380 e. The lowest BCUT2D eigenvalue weighted by Crippen LogP contribution is -2.14. The van der Waals surface area contributed by atoms with Gasteiger partial charge in [0.05, 0.1) is 6.61 Å². The molecule has 0 unspecified atom stereocenters. The Morgan fingerprint density at radius 1 is 1.53 bits per heavy atom. The van der Waals surface area contributed by atoms with E-state index in [1.54, 1.807) is 7.11 Å².